The van der Waals surface area contributed by atoms with E-state index in [0.717, 1.165) is 12.8 Å². The normalized spacial score (nSPS) is 24.5. The van der Waals surface area contributed by atoms with Crippen molar-refractivity contribution < 1.29 is 10.2 Å². The summed E-state index contributed by atoms with van der Waals surface area (Å²) in [6, 6.07) is 0. The highest BCUT2D eigenvalue weighted by Crippen LogP contribution is 2.30. The van der Waals surface area contributed by atoms with Crippen molar-refractivity contribution in [2.24, 2.45) is 11.8 Å². The molecular formula is C13H24O2. The molecule has 1 aliphatic carbocycles. The highest BCUT2D eigenvalue weighted by atomic mass is 16.3. The van der Waals surface area contributed by atoms with Gasteiger partial charge >= 0.3 is 0 Å². The van der Waals surface area contributed by atoms with E-state index in [1.165, 1.54) is 19.3 Å². The van der Waals surface area contributed by atoms with Crippen LogP contribution in [-0.4, -0.2) is 22.4 Å². The first-order chi connectivity index (χ1) is 7.16. The van der Waals surface area contributed by atoms with E-state index in [1.807, 2.05) is 6.92 Å². The van der Waals surface area contributed by atoms with Crippen molar-refractivity contribution in [2.75, 3.05) is 0 Å². The van der Waals surface area contributed by atoms with Gasteiger partial charge in [0.2, 0.25) is 0 Å². The summed E-state index contributed by atoms with van der Waals surface area (Å²) in [5.74, 6) is 0.360. The van der Waals surface area contributed by atoms with Crippen LogP contribution in [0.25, 0.3) is 0 Å². The monoisotopic (exact) mass is 212 g/mol. The third-order valence-corrected chi connectivity index (χ3v) is 3.69. The summed E-state index contributed by atoms with van der Waals surface area (Å²) in [4.78, 5) is 0. The Morgan fingerprint density at radius 3 is 2.40 bits per heavy atom. The summed E-state index contributed by atoms with van der Waals surface area (Å²) >= 11 is 0. The highest BCUT2D eigenvalue weighted by Gasteiger charge is 2.29. The lowest BCUT2D eigenvalue weighted by atomic mass is 9.79. The van der Waals surface area contributed by atoms with Gasteiger partial charge in [-0.3, -0.25) is 0 Å². The molecule has 15 heavy (non-hydrogen) atoms. The van der Waals surface area contributed by atoms with Gasteiger partial charge in [-0.1, -0.05) is 32.3 Å². The average molecular weight is 212 g/mol. The fraction of sp³-hybridized carbons (Fsp3) is 0.846. The molecule has 1 saturated carbocycles. The van der Waals surface area contributed by atoms with Crippen LogP contribution in [0.5, 0.6) is 0 Å². The van der Waals surface area contributed by atoms with E-state index >= 15 is 0 Å². The Morgan fingerprint density at radius 1 is 1.27 bits per heavy atom. The molecule has 0 aromatic heterocycles. The molecule has 0 saturated heterocycles. The zero-order valence-electron chi connectivity index (χ0n) is 9.73. The third-order valence-electron chi connectivity index (χ3n) is 3.69. The van der Waals surface area contributed by atoms with E-state index in [-0.39, 0.29) is 12.0 Å². The van der Waals surface area contributed by atoms with Crippen molar-refractivity contribution in [1.29, 1.82) is 0 Å². The van der Waals surface area contributed by atoms with E-state index in [0.29, 0.717) is 12.3 Å². The average Bonchev–Trinajstić information content (AvgIpc) is 2.28. The van der Waals surface area contributed by atoms with Gasteiger partial charge in [-0.25, -0.2) is 0 Å². The minimum Gasteiger partial charge on any atom is -0.392 e. The Kier molecular flexibility index (Phi) is 5.34. The van der Waals surface area contributed by atoms with E-state index in [4.69, 9.17) is 0 Å². The van der Waals surface area contributed by atoms with E-state index in [1.54, 1.807) is 6.08 Å². The van der Waals surface area contributed by atoms with Gasteiger partial charge < -0.3 is 10.2 Å². The summed E-state index contributed by atoms with van der Waals surface area (Å²) in [7, 11) is 0. The zero-order valence-corrected chi connectivity index (χ0v) is 9.73. The van der Waals surface area contributed by atoms with E-state index in [2.05, 4.69) is 6.58 Å². The van der Waals surface area contributed by atoms with Crippen molar-refractivity contribution >= 4 is 0 Å². The largest absolute Gasteiger partial charge is 0.392 e. The molecular weight excluding hydrogens is 188 g/mol. The van der Waals surface area contributed by atoms with Crippen molar-refractivity contribution in [3.8, 4) is 0 Å². The van der Waals surface area contributed by atoms with Crippen molar-refractivity contribution in [3.63, 3.8) is 0 Å². The van der Waals surface area contributed by atoms with E-state index in [9.17, 15) is 10.2 Å². The first-order valence-electron chi connectivity index (χ1n) is 6.13. The Labute approximate surface area is 93.0 Å². The van der Waals surface area contributed by atoms with Gasteiger partial charge in [0.1, 0.15) is 0 Å². The van der Waals surface area contributed by atoms with Gasteiger partial charge in [0, 0.05) is 5.92 Å². The molecule has 1 unspecified atom stereocenters. The minimum atomic E-state index is -0.445. The molecule has 0 aromatic rings. The molecule has 1 aliphatic rings. The predicted octanol–water partition coefficient (Wildman–Crippen LogP) is 2.50. The van der Waals surface area contributed by atoms with Crippen LogP contribution in [0.1, 0.15) is 45.4 Å². The second-order valence-corrected chi connectivity index (χ2v) is 4.84. The first-order valence-corrected chi connectivity index (χ1v) is 6.13. The number of hydrogen-bond acceptors (Lipinski definition) is 2. The second-order valence-electron chi connectivity index (χ2n) is 4.84. The van der Waals surface area contributed by atoms with Crippen LogP contribution in [0.15, 0.2) is 12.7 Å². The van der Waals surface area contributed by atoms with Crippen LogP contribution in [0, 0.1) is 11.8 Å². The maximum Gasteiger partial charge on any atom is 0.0624 e. The molecule has 2 nitrogen and oxygen atoms in total. The fourth-order valence-electron chi connectivity index (χ4n) is 2.52. The van der Waals surface area contributed by atoms with Crippen LogP contribution < -0.4 is 0 Å². The van der Waals surface area contributed by atoms with Crippen LogP contribution in [-0.2, 0) is 0 Å². The summed E-state index contributed by atoms with van der Waals surface area (Å²) < 4.78 is 0. The SMILES string of the molecule is C=CCC(O)[C@@H](C)[C@H](O)C1CCCCC1. The summed E-state index contributed by atoms with van der Waals surface area (Å²) in [5.41, 5.74) is 0. The van der Waals surface area contributed by atoms with E-state index < -0.39 is 6.10 Å². The van der Waals surface area contributed by atoms with Crippen molar-refractivity contribution in [3.05, 3.63) is 12.7 Å². The maximum atomic E-state index is 10.1. The number of rotatable bonds is 5. The van der Waals surface area contributed by atoms with Crippen LogP contribution in [0.3, 0.4) is 0 Å². The molecule has 88 valence electrons. The van der Waals surface area contributed by atoms with Gasteiger partial charge in [-0.05, 0) is 25.2 Å². The Morgan fingerprint density at radius 2 is 1.87 bits per heavy atom. The molecule has 2 N–H and O–H groups in total. The molecule has 0 bridgehead atoms. The number of hydrogen-bond donors (Lipinski definition) is 2. The summed E-state index contributed by atoms with van der Waals surface area (Å²) in [6.45, 7) is 5.55. The molecule has 1 fully saturated rings. The molecule has 0 amide bonds. The second kappa shape index (κ2) is 6.29. The van der Waals surface area contributed by atoms with Gasteiger partial charge in [0.05, 0.1) is 12.2 Å². The molecule has 0 spiro atoms. The Bertz CT molecular complexity index is 185. The molecule has 0 heterocycles. The quantitative estimate of drug-likeness (QED) is 0.687. The van der Waals surface area contributed by atoms with Gasteiger partial charge in [0.25, 0.3) is 0 Å². The summed E-state index contributed by atoms with van der Waals surface area (Å²) in [6.07, 6.45) is 7.49. The standard InChI is InChI=1S/C13H24O2/c1-3-7-12(14)10(2)13(15)11-8-5-4-6-9-11/h3,10-15H,1,4-9H2,2H3/t10-,12?,13+/m1/s1. The summed E-state index contributed by atoms with van der Waals surface area (Å²) in [5, 5.41) is 19.9. The lowest BCUT2D eigenvalue weighted by Crippen LogP contribution is -2.35. The van der Waals surface area contributed by atoms with Crippen LogP contribution in [0.4, 0.5) is 0 Å². The van der Waals surface area contributed by atoms with Gasteiger partial charge in [-0.15, -0.1) is 6.58 Å². The lowest BCUT2D eigenvalue weighted by Gasteiger charge is -2.32. The highest BCUT2D eigenvalue weighted by molar-refractivity contribution is 4.84. The molecule has 0 radical (unpaired) electrons. The van der Waals surface area contributed by atoms with Gasteiger partial charge in [-0.2, -0.15) is 0 Å². The van der Waals surface area contributed by atoms with Crippen LogP contribution in [0.2, 0.25) is 0 Å². The first kappa shape index (κ1) is 12.7. The predicted molar refractivity (Wildman–Crippen MR) is 62.6 cm³/mol. The maximum absolute atomic E-state index is 10.1. The molecule has 2 heteroatoms. The Balaban J connectivity index is 2.42. The molecule has 3 atom stereocenters. The van der Waals surface area contributed by atoms with Crippen LogP contribution >= 0.6 is 0 Å². The number of aliphatic hydroxyl groups excluding tert-OH is 2. The number of aliphatic hydroxyl groups is 2. The zero-order chi connectivity index (χ0) is 11.3. The van der Waals surface area contributed by atoms with Crippen molar-refractivity contribution in [1.82, 2.24) is 0 Å². The lowest BCUT2D eigenvalue weighted by molar-refractivity contribution is -0.0182. The smallest absolute Gasteiger partial charge is 0.0624 e. The third kappa shape index (κ3) is 3.62. The molecule has 0 aromatic carbocycles. The van der Waals surface area contributed by atoms with Crippen molar-refractivity contribution in [2.45, 2.75) is 57.7 Å². The molecule has 1 rings (SSSR count). The Hall–Kier alpha value is -0.340. The van der Waals surface area contributed by atoms with Gasteiger partial charge in [0.15, 0.2) is 0 Å². The minimum absolute atomic E-state index is 0.0360. The molecule has 0 aliphatic heterocycles. The topological polar surface area (TPSA) is 40.5 Å². The fourth-order valence-corrected chi connectivity index (χ4v) is 2.52.